The van der Waals surface area contributed by atoms with Gasteiger partial charge in [-0.05, 0) is 30.5 Å². The maximum absolute atomic E-state index is 12.7. The third-order valence-corrected chi connectivity index (χ3v) is 4.33. The second-order valence-electron chi connectivity index (χ2n) is 6.21. The molecule has 0 saturated heterocycles. The Labute approximate surface area is 149 Å². The van der Waals surface area contributed by atoms with Gasteiger partial charge >= 0.3 is 5.97 Å². The van der Waals surface area contributed by atoms with Crippen LogP contribution in [0.4, 0.5) is 5.69 Å². The topological polar surface area (TPSA) is 55.4 Å². The third-order valence-electron chi connectivity index (χ3n) is 4.33. The number of hydrogen-bond donors (Lipinski definition) is 1. The number of esters is 1. The summed E-state index contributed by atoms with van der Waals surface area (Å²) in [5.41, 5.74) is 1.59. The highest BCUT2D eigenvalue weighted by Gasteiger charge is 2.30. The van der Waals surface area contributed by atoms with Crippen molar-refractivity contribution in [3.05, 3.63) is 66.2 Å². The maximum atomic E-state index is 12.7. The van der Waals surface area contributed by atoms with E-state index < -0.39 is 6.10 Å². The zero-order chi connectivity index (χ0) is 18.2. The summed E-state index contributed by atoms with van der Waals surface area (Å²) in [5.74, 6) is -0.954. The van der Waals surface area contributed by atoms with Crippen molar-refractivity contribution in [2.24, 2.45) is 5.92 Å². The van der Waals surface area contributed by atoms with Gasteiger partial charge in [0.15, 0.2) is 6.10 Å². The van der Waals surface area contributed by atoms with E-state index in [-0.39, 0.29) is 23.7 Å². The van der Waals surface area contributed by atoms with Gasteiger partial charge in [0, 0.05) is 5.69 Å². The lowest BCUT2D eigenvalue weighted by molar-refractivity contribution is -0.155. The molecule has 0 aliphatic heterocycles. The number of rotatable bonds is 7. The zero-order valence-corrected chi connectivity index (χ0v) is 14.9. The first kappa shape index (κ1) is 18.7. The monoisotopic (exact) mass is 339 g/mol. The van der Waals surface area contributed by atoms with Gasteiger partial charge < -0.3 is 10.1 Å². The van der Waals surface area contributed by atoms with E-state index in [1.807, 2.05) is 62.4 Å². The van der Waals surface area contributed by atoms with Crippen molar-refractivity contribution >= 4 is 17.6 Å². The van der Waals surface area contributed by atoms with Crippen LogP contribution < -0.4 is 5.32 Å². The lowest BCUT2D eigenvalue weighted by Gasteiger charge is -2.23. The van der Waals surface area contributed by atoms with Crippen molar-refractivity contribution in [3.63, 3.8) is 0 Å². The fraction of sp³-hybridized carbons (Fsp3) is 0.333. The molecule has 4 nitrogen and oxygen atoms in total. The first-order valence-corrected chi connectivity index (χ1v) is 8.64. The van der Waals surface area contributed by atoms with Gasteiger partial charge in [-0.15, -0.1) is 0 Å². The molecule has 0 unspecified atom stereocenters. The number of para-hydroxylation sites is 1. The first-order valence-electron chi connectivity index (χ1n) is 8.64. The van der Waals surface area contributed by atoms with Gasteiger partial charge in [-0.3, -0.25) is 9.59 Å². The Morgan fingerprint density at radius 3 is 2.08 bits per heavy atom. The number of carbonyl (C=O) groups is 2. The number of carbonyl (C=O) groups excluding carboxylic acids is 2. The molecule has 0 aromatic heterocycles. The number of anilines is 1. The van der Waals surface area contributed by atoms with Gasteiger partial charge in [-0.25, -0.2) is 0 Å². The summed E-state index contributed by atoms with van der Waals surface area (Å²) in [6, 6.07) is 18.7. The van der Waals surface area contributed by atoms with Crippen LogP contribution >= 0.6 is 0 Å². The van der Waals surface area contributed by atoms with Gasteiger partial charge in [0.05, 0.1) is 5.92 Å². The Morgan fingerprint density at radius 1 is 0.960 bits per heavy atom. The molecule has 0 radical (unpaired) electrons. The van der Waals surface area contributed by atoms with Crippen LogP contribution in [-0.4, -0.2) is 18.0 Å². The Bertz CT molecular complexity index is 685. The highest BCUT2D eigenvalue weighted by atomic mass is 16.5. The molecule has 3 atom stereocenters. The maximum Gasteiger partial charge on any atom is 0.314 e. The summed E-state index contributed by atoms with van der Waals surface area (Å²) in [6.45, 7) is 5.65. The molecule has 0 fully saturated rings. The van der Waals surface area contributed by atoms with E-state index in [1.165, 1.54) is 0 Å². The Balaban J connectivity index is 2.05. The Hall–Kier alpha value is -2.62. The normalized spacial score (nSPS) is 14.2. The van der Waals surface area contributed by atoms with Gasteiger partial charge in [-0.1, -0.05) is 68.8 Å². The third kappa shape index (κ3) is 5.18. The van der Waals surface area contributed by atoms with Crippen LogP contribution in [0.3, 0.4) is 0 Å². The number of ether oxygens (including phenoxy) is 1. The highest BCUT2D eigenvalue weighted by Crippen LogP contribution is 2.28. The van der Waals surface area contributed by atoms with Gasteiger partial charge in [0.25, 0.3) is 5.91 Å². The predicted molar refractivity (Wildman–Crippen MR) is 99.3 cm³/mol. The molecule has 0 spiro atoms. The molecule has 1 amide bonds. The second kappa shape index (κ2) is 9.02. The van der Waals surface area contributed by atoms with Crippen LogP contribution in [0.5, 0.6) is 0 Å². The first-order chi connectivity index (χ1) is 12.0. The van der Waals surface area contributed by atoms with Crippen molar-refractivity contribution in [3.8, 4) is 0 Å². The van der Waals surface area contributed by atoms with Crippen LogP contribution in [0, 0.1) is 5.92 Å². The average molecular weight is 339 g/mol. The van der Waals surface area contributed by atoms with E-state index in [1.54, 1.807) is 19.1 Å². The van der Waals surface area contributed by atoms with Crippen LogP contribution in [-0.2, 0) is 14.3 Å². The molecule has 2 aromatic rings. The lowest BCUT2D eigenvalue weighted by atomic mass is 9.85. The summed E-state index contributed by atoms with van der Waals surface area (Å²) >= 11 is 0. The fourth-order valence-electron chi connectivity index (χ4n) is 2.66. The summed E-state index contributed by atoms with van der Waals surface area (Å²) in [7, 11) is 0. The number of amides is 1. The largest absolute Gasteiger partial charge is 0.452 e. The highest BCUT2D eigenvalue weighted by molar-refractivity contribution is 5.95. The molecule has 0 saturated carbocycles. The summed E-state index contributed by atoms with van der Waals surface area (Å²) in [5, 5.41) is 2.75. The Morgan fingerprint density at radius 2 is 1.52 bits per heavy atom. The molecule has 0 aliphatic carbocycles. The van der Waals surface area contributed by atoms with Crippen molar-refractivity contribution in [2.75, 3.05) is 5.32 Å². The van der Waals surface area contributed by atoms with E-state index >= 15 is 0 Å². The summed E-state index contributed by atoms with van der Waals surface area (Å²) < 4.78 is 5.47. The number of benzene rings is 2. The van der Waals surface area contributed by atoms with Crippen LogP contribution in [0.1, 0.15) is 38.7 Å². The van der Waals surface area contributed by atoms with E-state index in [4.69, 9.17) is 4.74 Å². The van der Waals surface area contributed by atoms with Crippen molar-refractivity contribution in [1.29, 1.82) is 0 Å². The minimum atomic E-state index is -0.858. The van der Waals surface area contributed by atoms with Crippen molar-refractivity contribution in [2.45, 2.75) is 39.2 Å². The molecule has 2 rings (SSSR count). The summed E-state index contributed by atoms with van der Waals surface area (Å²) in [4.78, 5) is 25.0. The Kier molecular flexibility index (Phi) is 6.75. The molecule has 0 bridgehead atoms. The molecular weight excluding hydrogens is 314 g/mol. The van der Waals surface area contributed by atoms with Gasteiger partial charge in [0.1, 0.15) is 0 Å². The number of nitrogens with one attached hydrogen (secondary N) is 1. The molecule has 4 heteroatoms. The van der Waals surface area contributed by atoms with Crippen LogP contribution in [0.25, 0.3) is 0 Å². The number of hydrogen-bond acceptors (Lipinski definition) is 3. The molecule has 25 heavy (non-hydrogen) atoms. The minimum Gasteiger partial charge on any atom is -0.452 e. The van der Waals surface area contributed by atoms with Crippen molar-refractivity contribution < 1.29 is 14.3 Å². The zero-order valence-electron chi connectivity index (χ0n) is 14.9. The second-order valence-corrected chi connectivity index (χ2v) is 6.21. The fourth-order valence-corrected chi connectivity index (χ4v) is 2.66. The molecular formula is C21H25NO3. The van der Waals surface area contributed by atoms with Gasteiger partial charge in [0.2, 0.25) is 0 Å². The minimum absolute atomic E-state index is 0.124. The van der Waals surface area contributed by atoms with E-state index in [0.717, 1.165) is 12.0 Å². The van der Waals surface area contributed by atoms with Crippen molar-refractivity contribution in [1.82, 2.24) is 0 Å². The van der Waals surface area contributed by atoms with Gasteiger partial charge in [-0.2, -0.15) is 0 Å². The molecule has 0 aliphatic rings. The average Bonchev–Trinajstić information content (AvgIpc) is 2.63. The van der Waals surface area contributed by atoms with E-state index in [9.17, 15) is 9.59 Å². The smallest absolute Gasteiger partial charge is 0.314 e. The van der Waals surface area contributed by atoms with E-state index in [0.29, 0.717) is 5.69 Å². The molecule has 0 heterocycles. The SMILES string of the molecule is CC[C@@H](C)[C@H](C(=O)O[C@@H](C)C(=O)Nc1ccccc1)c1ccccc1. The molecule has 132 valence electrons. The lowest BCUT2D eigenvalue weighted by Crippen LogP contribution is -2.33. The quantitative estimate of drug-likeness (QED) is 0.761. The summed E-state index contributed by atoms with van der Waals surface area (Å²) in [6.07, 6.45) is -0.0119. The van der Waals surface area contributed by atoms with Crippen LogP contribution in [0.2, 0.25) is 0 Å². The predicted octanol–water partition coefficient (Wildman–Crippen LogP) is 4.39. The molecule has 1 N–H and O–H groups in total. The van der Waals surface area contributed by atoms with E-state index in [2.05, 4.69) is 5.32 Å². The van der Waals surface area contributed by atoms with Crippen LogP contribution in [0.15, 0.2) is 60.7 Å². The molecule has 2 aromatic carbocycles. The standard InChI is InChI=1S/C21H25NO3/c1-4-15(2)19(17-11-7-5-8-12-17)21(24)25-16(3)20(23)22-18-13-9-6-10-14-18/h5-16,19H,4H2,1-3H3,(H,22,23)/t15-,16+,19+/m1/s1.